The van der Waals surface area contributed by atoms with Crippen LogP contribution < -0.4 is 9.80 Å². The third kappa shape index (κ3) is 11.1. The van der Waals surface area contributed by atoms with Gasteiger partial charge in [0.1, 0.15) is 0 Å². The number of rotatable bonds is 16. The number of hydrogen-bond acceptors (Lipinski definition) is 5. The molecule has 11 aromatic carbocycles. The molecule has 0 aliphatic heterocycles. The summed E-state index contributed by atoms with van der Waals surface area (Å²) in [5, 5.41) is 2.39. The third-order valence-corrected chi connectivity index (χ3v) is 17.9. The van der Waals surface area contributed by atoms with E-state index >= 15 is 0 Å². The normalized spacial score (nSPS) is 11.5. The number of thiophene rings is 2. The number of anilines is 6. The van der Waals surface area contributed by atoms with Crippen molar-refractivity contribution in [2.75, 3.05) is 9.80 Å². The molecule has 14 aromatic rings. The summed E-state index contributed by atoms with van der Waals surface area (Å²) in [4.78, 5) is 20.2. The summed E-state index contributed by atoms with van der Waals surface area (Å²) in [5.74, 6) is 0. The highest BCUT2D eigenvalue weighted by Gasteiger charge is 2.18. The summed E-state index contributed by atoms with van der Waals surface area (Å²) in [6.45, 7) is 0. The average molecular weight is 1130 g/mol. The Bertz CT molecular complexity index is 4340. The Kier molecular flexibility index (Phi) is 14.6. The molecule has 4 nitrogen and oxygen atoms in total. The van der Waals surface area contributed by atoms with Crippen molar-refractivity contribution in [1.82, 2.24) is 4.57 Å². The first-order chi connectivity index (χ1) is 42.0. The van der Waals surface area contributed by atoms with E-state index in [0.29, 0.717) is 0 Å². The molecule has 0 amide bonds. The summed E-state index contributed by atoms with van der Waals surface area (Å²) < 4.78 is 2.40. The van der Waals surface area contributed by atoms with E-state index in [1.807, 2.05) is 12.1 Å². The van der Waals surface area contributed by atoms with Crippen molar-refractivity contribution < 1.29 is 4.79 Å². The second-order valence-corrected chi connectivity index (χ2v) is 23.1. The zero-order chi connectivity index (χ0) is 56.9. The molecule has 0 fully saturated rings. The summed E-state index contributed by atoms with van der Waals surface area (Å²) >= 11 is 3.28. The first-order valence-electron chi connectivity index (χ1n) is 28.5. The number of fused-ring (bicyclic) bond motifs is 3. The molecule has 0 saturated heterocycles. The lowest BCUT2D eigenvalue weighted by Crippen LogP contribution is -2.09. The molecule has 0 saturated carbocycles. The molecule has 3 heterocycles. The second kappa shape index (κ2) is 23.7. The van der Waals surface area contributed by atoms with E-state index in [1.165, 1.54) is 27.0 Å². The highest BCUT2D eigenvalue weighted by molar-refractivity contribution is 7.24. The van der Waals surface area contributed by atoms with Gasteiger partial charge in [-0.25, -0.2) is 0 Å². The summed E-state index contributed by atoms with van der Waals surface area (Å²) in [6, 6.07) is 108. The van der Waals surface area contributed by atoms with Crippen molar-refractivity contribution in [3.05, 3.63) is 330 Å². The fourth-order valence-corrected chi connectivity index (χ4v) is 13.2. The fourth-order valence-electron chi connectivity index (χ4n) is 11.2. The number of para-hydroxylation sites is 4. The summed E-state index contributed by atoms with van der Waals surface area (Å²) in [6.07, 6.45) is 9.67. The highest BCUT2D eigenvalue weighted by atomic mass is 32.1. The van der Waals surface area contributed by atoms with Gasteiger partial charge in [0, 0.05) is 65.2 Å². The number of aldehydes is 1. The molecule has 0 spiro atoms. The first kappa shape index (κ1) is 52.4. The molecular formula is C79H55N3OS2. The molecule has 85 heavy (non-hydrogen) atoms. The number of nitrogens with zero attached hydrogens (tertiary/aromatic N) is 3. The van der Waals surface area contributed by atoms with Gasteiger partial charge in [-0.05, 0) is 184 Å². The van der Waals surface area contributed by atoms with Crippen LogP contribution in [-0.4, -0.2) is 10.9 Å². The smallest absolute Gasteiger partial charge is 0.160 e. The molecule has 14 rings (SSSR count). The van der Waals surface area contributed by atoms with Gasteiger partial charge < -0.3 is 14.4 Å². The second-order valence-electron chi connectivity index (χ2n) is 20.9. The van der Waals surface area contributed by atoms with Crippen LogP contribution in [-0.2, 0) is 0 Å². The number of hydrogen-bond donors (Lipinski definition) is 0. The van der Waals surface area contributed by atoms with Crippen LogP contribution in [0.15, 0.2) is 303 Å². The monoisotopic (exact) mass is 1130 g/mol. The molecule has 404 valence electrons. The van der Waals surface area contributed by atoms with Gasteiger partial charge in [0.15, 0.2) is 6.29 Å². The van der Waals surface area contributed by atoms with Crippen molar-refractivity contribution >= 4 is 109 Å². The van der Waals surface area contributed by atoms with Gasteiger partial charge in [-0.1, -0.05) is 194 Å². The van der Waals surface area contributed by atoms with Crippen LogP contribution in [0.25, 0.3) is 94.2 Å². The topological polar surface area (TPSA) is 28.5 Å². The standard InChI is InChI=1S/C79H55N3OS2/c83-55-72-47-50-78(84-72)79-52-51-77(85-79)62-37-45-71(46-38-62)82-75-48-39-63(60-33-25-56(26-34-60)21-23-58-29-41-69(42-30-58)80(65-13-5-1-6-14-65)66-15-7-2-8-16-66)53-73(75)74-54-64(40-49-76(74)82)61-35-27-57(28-36-61)22-24-59-31-43-70(44-32-59)81(67-17-9-3-10-18-67)68-19-11-4-12-20-68/h1-55H/b23-21+,24-22+. The molecule has 0 aliphatic carbocycles. The Morgan fingerprint density at radius 2 is 0.612 bits per heavy atom. The van der Waals surface area contributed by atoms with Crippen LogP contribution >= 0.6 is 22.7 Å². The molecule has 0 N–H and O–H groups in total. The molecule has 0 unspecified atom stereocenters. The molecular weight excluding hydrogens is 1070 g/mol. The van der Waals surface area contributed by atoms with Crippen molar-refractivity contribution in [2.45, 2.75) is 0 Å². The van der Waals surface area contributed by atoms with E-state index in [0.717, 1.165) is 122 Å². The molecule has 0 bridgehead atoms. The predicted molar refractivity (Wildman–Crippen MR) is 364 cm³/mol. The molecule has 3 aromatic heterocycles. The largest absolute Gasteiger partial charge is 0.311 e. The van der Waals surface area contributed by atoms with E-state index < -0.39 is 0 Å². The number of aromatic nitrogens is 1. The Morgan fingerprint density at radius 1 is 0.282 bits per heavy atom. The van der Waals surface area contributed by atoms with Crippen LogP contribution in [0.1, 0.15) is 31.9 Å². The van der Waals surface area contributed by atoms with E-state index in [-0.39, 0.29) is 0 Å². The minimum absolute atomic E-state index is 0.742. The van der Waals surface area contributed by atoms with Gasteiger partial charge in [-0.3, -0.25) is 4.79 Å². The molecule has 6 heteroatoms. The maximum absolute atomic E-state index is 11.4. The lowest BCUT2D eigenvalue weighted by Gasteiger charge is -2.25. The van der Waals surface area contributed by atoms with Gasteiger partial charge >= 0.3 is 0 Å². The minimum Gasteiger partial charge on any atom is -0.311 e. The van der Waals surface area contributed by atoms with Crippen LogP contribution in [0, 0.1) is 0 Å². The van der Waals surface area contributed by atoms with Gasteiger partial charge in [0.25, 0.3) is 0 Å². The summed E-state index contributed by atoms with van der Waals surface area (Å²) in [5.41, 5.74) is 20.4. The molecule has 0 atom stereocenters. The average Bonchev–Trinajstić information content (AvgIpc) is 3.12. The molecule has 0 radical (unpaired) electrons. The minimum atomic E-state index is 0.742. The Morgan fingerprint density at radius 3 is 1.00 bits per heavy atom. The zero-order valence-corrected chi connectivity index (χ0v) is 48.0. The number of carbonyl (C=O) groups is 1. The van der Waals surface area contributed by atoms with Gasteiger partial charge in [0.2, 0.25) is 0 Å². The van der Waals surface area contributed by atoms with Crippen LogP contribution in [0.2, 0.25) is 0 Å². The van der Waals surface area contributed by atoms with Crippen molar-refractivity contribution in [2.24, 2.45) is 0 Å². The first-order valence-corrected chi connectivity index (χ1v) is 30.1. The Hall–Kier alpha value is -10.6. The highest BCUT2D eigenvalue weighted by Crippen LogP contribution is 2.42. The van der Waals surface area contributed by atoms with Crippen molar-refractivity contribution in [3.8, 4) is 48.1 Å². The quantitative estimate of drug-likeness (QED) is 0.0713. The zero-order valence-electron chi connectivity index (χ0n) is 46.3. The Labute approximate surface area is 503 Å². The lowest BCUT2D eigenvalue weighted by molar-refractivity contribution is 0.112. The fraction of sp³-hybridized carbons (Fsp3) is 0. The lowest BCUT2D eigenvalue weighted by atomic mass is 9.99. The van der Waals surface area contributed by atoms with Gasteiger partial charge in [-0.15, -0.1) is 22.7 Å². The van der Waals surface area contributed by atoms with E-state index in [4.69, 9.17) is 0 Å². The maximum atomic E-state index is 11.4. The predicted octanol–water partition coefficient (Wildman–Crippen LogP) is 22.7. The number of carbonyl (C=O) groups excluding carboxylic acids is 1. The van der Waals surface area contributed by atoms with Crippen molar-refractivity contribution in [1.29, 1.82) is 0 Å². The van der Waals surface area contributed by atoms with E-state index in [9.17, 15) is 4.79 Å². The Balaban J connectivity index is 0.745. The van der Waals surface area contributed by atoms with Gasteiger partial charge in [-0.2, -0.15) is 0 Å². The maximum Gasteiger partial charge on any atom is 0.160 e. The van der Waals surface area contributed by atoms with Crippen LogP contribution in [0.3, 0.4) is 0 Å². The van der Waals surface area contributed by atoms with Crippen LogP contribution in [0.4, 0.5) is 34.1 Å². The number of benzene rings is 11. The third-order valence-electron chi connectivity index (χ3n) is 15.6. The van der Waals surface area contributed by atoms with E-state index in [1.54, 1.807) is 11.3 Å². The summed E-state index contributed by atoms with van der Waals surface area (Å²) in [7, 11) is 0. The van der Waals surface area contributed by atoms with Crippen molar-refractivity contribution in [3.63, 3.8) is 0 Å². The molecule has 0 aliphatic rings. The van der Waals surface area contributed by atoms with Gasteiger partial charge in [0.05, 0.1) is 15.9 Å². The SMILES string of the molecule is O=Cc1ccc(-c2ccc(-c3ccc(-n4c5ccc(-c6ccc(/C=C/c7ccc(N(c8ccccc8)c8ccccc8)cc7)cc6)cc5c5cc(-c6ccc(/C=C/c7ccc(N(c8ccccc8)c8ccccc8)cc7)cc6)ccc54)cc3)s2)s1. The van der Waals surface area contributed by atoms with E-state index in [2.05, 4.69) is 330 Å². The van der Waals surface area contributed by atoms with Crippen LogP contribution in [0.5, 0.6) is 0 Å².